The van der Waals surface area contributed by atoms with Gasteiger partial charge in [0.1, 0.15) is 11.9 Å². The van der Waals surface area contributed by atoms with Gasteiger partial charge < -0.3 is 30.9 Å². The van der Waals surface area contributed by atoms with Crippen LogP contribution in [0.25, 0.3) is 10.8 Å². The number of primary sulfonamides is 1. The monoisotopic (exact) mass is 677 g/mol. The quantitative estimate of drug-likeness (QED) is 0.148. The Hall–Kier alpha value is -5.09. The van der Waals surface area contributed by atoms with Crippen molar-refractivity contribution in [3.8, 4) is 11.5 Å². The Morgan fingerprint density at radius 1 is 1.02 bits per heavy atom. The SMILES string of the molecule is CCOc1cc([C@@H](Nc2ccc3c(N)nccc3c2)C(=O)NCc2cccc(S(N)(=O)=O)c2)ccc1OC(C)C.O=C(O)C(F)(F)F. The number of carboxylic acid groups (broad SMARTS) is 1. The number of carbonyl (C=O) groups excluding carboxylic acids is 1. The molecule has 3 aromatic carbocycles. The first-order valence-corrected chi connectivity index (χ1v) is 15.6. The van der Waals surface area contributed by atoms with Crippen LogP contribution in [0.5, 0.6) is 11.5 Å². The molecule has 0 unspecified atom stereocenters. The first-order valence-electron chi connectivity index (χ1n) is 14.0. The summed E-state index contributed by atoms with van der Waals surface area (Å²) in [5.41, 5.74) is 7.92. The molecule has 12 nitrogen and oxygen atoms in total. The fourth-order valence-corrected chi connectivity index (χ4v) is 4.79. The number of nitrogens with two attached hydrogens (primary N) is 2. The number of carbonyl (C=O) groups is 2. The number of pyridine rings is 1. The number of alkyl halides is 3. The fraction of sp³-hybridized carbons (Fsp3) is 0.258. The molecule has 1 heterocycles. The Bertz CT molecular complexity index is 1840. The van der Waals surface area contributed by atoms with Crippen LogP contribution in [0.4, 0.5) is 24.7 Å². The van der Waals surface area contributed by atoms with E-state index in [0.29, 0.717) is 40.7 Å². The van der Waals surface area contributed by atoms with E-state index in [4.69, 9.17) is 30.2 Å². The molecule has 0 saturated heterocycles. The molecule has 0 aliphatic carbocycles. The lowest BCUT2D eigenvalue weighted by Gasteiger charge is -2.22. The van der Waals surface area contributed by atoms with Crippen molar-refractivity contribution in [2.45, 2.75) is 50.5 Å². The molecule has 16 heteroatoms. The van der Waals surface area contributed by atoms with E-state index in [1.165, 1.54) is 12.1 Å². The van der Waals surface area contributed by atoms with E-state index in [-0.39, 0.29) is 23.5 Å². The minimum absolute atomic E-state index is 0.0269. The Labute approximate surface area is 268 Å². The van der Waals surface area contributed by atoms with E-state index in [9.17, 15) is 26.4 Å². The van der Waals surface area contributed by atoms with Gasteiger partial charge in [0.15, 0.2) is 11.5 Å². The fourth-order valence-electron chi connectivity index (χ4n) is 4.21. The number of nitrogens with zero attached hydrogens (tertiary/aromatic N) is 1. The highest BCUT2D eigenvalue weighted by atomic mass is 32.2. The maximum absolute atomic E-state index is 13.6. The van der Waals surface area contributed by atoms with Crippen molar-refractivity contribution < 1.29 is 45.8 Å². The number of aromatic nitrogens is 1. The largest absolute Gasteiger partial charge is 0.490 e. The highest BCUT2D eigenvalue weighted by Gasteiger charge is 2.38. The zero-order valence-corrected chi connectivity index (χ0v) is 26.4. The number of amides is 1. The van der Waals surface area contributed by atoms with Crippen LogP contribution < -0.4 is 31.0 Å². The number of hydrogen-bond acceptors (Lipinski definition) is 9. The second kappa shape index (κ2) is 15.5. The molecule has 0 spiro atoms. The second-order valence-corrected chi connectivity index (χ2v) is 11.8. The van der Waals surface area contributed by atoms with Crippen LogP contribution in [0.15, 0.2) is 77.8 Å². The summed E-state index contributed by atoms with van der Waals surface area (Å²) in [6.45, 7) is 6.23. The molecule has 1 atom stereocenters. The molecule has 252 valence electrons. The van der Waals surface area contributed by atoms with Crippen LogP contribution in [0.3, 0.4) is 0 Å². The second-order valence-electron chi connectivity index (χ2n) is 10.2. The molecule has 7 N–H and O–H groups in total. The Morgan fingerprint density at radius 3 is 2.34 bits per heavy atom. The maximum atomic E-state index is 13.6. The smallest absolute Gasteiger partial charge is 0.490 e. The van der Waals surface area contributed by atoms with Gasteiger partial charge in [-0.2, -0.15) is 13.2 Å². The van der Waals surface area contributed by atoms with Gasteiger partial charge in [-0.15, -0.1) is 0 Å². The number of nitrogen functional groups attached to an aromatic ring is 1. The lowest BCUT2D eigenvalue weighted by Crippen LogP contribution is -2.33. The normalized spacial score (nSPS) is 12.1. The Morgan fingerprint density at radius 2 is 1.72 bits per heavy atom. The predicted octanol–water partition coefficient (Wildman–Crippen LogP) is 4.75. The van der Waals surface area contributed by atoms with E-state index in [1.54, 1.807) is 30.5 Å². The molecule has 0 saturated carbocycles. The lowest BCUT2D eigenvalue weighted by molar-refractivity contribution is -0.192. The van der Waals surface area contributed by atoms with Crippen LogP contribution in [-0.4, -0.2) is 49.3 Å². The minimum Gasteiger partial charge on any atom is -0.490 e. The molecule has 0 fully saturated rings. The lowest BCUT2D eigenvalue weighted by atomic mass is 10.0. The maximum Gasteiger partial charge on any atom is 0.490 e. The topological polar surface area (TPSA) is 196 Å². The summed E-state index contributed by atoms with van der Waals surface area (Å²) in [4.78, 5) is 26.6. The van der Waals surface area contributed by atoms with Gasteiger partial charge in [0, 0.05) is 23.8 Å². The van der Waals surface area contributed by atoms with Gasteiger partial charge in [-0.3, -0.25) is 4.79 Å². The molecule has 47 heavy (non-hydrogen) atoms. The average molecular weight is 678 g/mol. The van der Waals surface area contributed by atoms with E-state index in [1.807, 2.05) is 51.1 Å². The third kappa shape index (κ3) is 10.5. The summed E-state index contributed by atoms with van der Waals surface area (Å²) in [5, 5.41) is 20.3. The van der Waals surface area contributed by atoms with Crippen LogP contribution >= 0.6 is 0 Å². The average Bonchev–Trinajstić information content (AvgIpc) is 2.99. The molecule has 0 bridgehead atoms. The molecular formula is C31H34F3N5O7S. The van der Waals surface area contributed by atoms with Gasteiger partial charge in [-0.1, -0.05) is 18.2 Å². The zero-order valence-electron chi connectivity index (χ0n) is 25.5. The van der Waals surface area contributed by atoms with Crippen molar-refractivity contribution in [1.82, 2.24) is 10.3 Å². The Kier molecular flexibility index (Phi) is 12.0. The van der Waals surface area contributed by atoms with Crippen LogP contribution in [0.1, 0.15) is 37.9 Å². The number of aliphatic carboxylic acids is 1. The van der Waals surface area contributed by atoms with Crippen LogP contribution in [0.2, 0.25) is 0 Å². The van der Waals surface area contributed by atoms with Gasteiger partial charge in [0.2, 0.25) is 15.9 Å². The number of anilines is 2. The summed E-state index contributed by atoms with van der Waals surface area (Å²) >= 11 is 0. The number of fused-ring (bicyclic) bond motifs is 1. The molecule has 4 rings (SSSR count). The highest BCUT2D eigenvalue weighted by Crippen LogP contribution is 2.33. The number of ether oxygens (including phenoxy) is 2. The zero-order chi connectivity index (χ0) is 34.9. The van der Waals surface area contributed by atoms with Crippen molar-refractivity contribution in [2.75, 3.05) is 17.7 Å². The summed E-state index contributed by atoms with van der Waals surface area (Å²) in [7, 11) is -3.87. The van der Waals surface area contributed by atoms with Crippen LogP contribution in [0, 0.1) is 0 Å². The van der Waals surface area contributed by atoms with Crippen molar-refractivity contribution in [3.05, 3.63) is 84.1 Å². The number of carboxylic acids is 1. The third-order valence-corrected chi connectivity index (χ3v) is 7.18. The van der Waals surface area contributed by atoms with Gasteiger partial charge in [-0.05, 0) is 85.8 Å². The van der Waals surface area contributed by atoms with Crippen molar-refractivity contribution >= 4 is 44.2 Å². The van der Waals surface area contributed by atoms with Crippen molar-refractivity contribution in [3.63, 3.8) is 0 Å². The summed E-state index contributed by atoms with van der Waals surface area (Å²) < 4.78 is 67.0. The molecule has 0 radical (unpaired) electrons. The summed E-state index contributed by atoms with van der Waals surface area (Å²) in [6, 6.07) is 18.1. The van der Waals surface area contributed by atoms with Gasteiger partial charge >= 0.3 is 12.1 Å². The molecule has 1 aromatic heterocycles. The number of hydrogen-bond donors (Lipinski definition) is 5. The van der Waals surface area contributed by atoms with Gasteiger partial charge in [0.05, 0.1) is 17.6 Å². The molecule has 0 aliphatic rings. The van der Waals surface area contributed by atoms with E-state index < -0.39 is 28.2 Å². The molecule has 1 amide bonds. The van der Waals surface area contributed by atoms with Gasteiger partial charge in [0.25, 0.3) is 0 Å². The predicted molar refractivity (Wildman–Crippen MR) is 169 cm³/mol. The summed E-state index contributed by atoms with van der Waals surface area (Å²) in [5.74, 6) is -1.58. The first-order chi connectivity index (χ1) is 22.0. The Balaban J connectivity index is 0.000000771. The number of sulfonamides is 1. The number of rotatable bonds is 11. The first kappa shape index (κ1) is 36.4. The number of benzene rings is 3. The molecule has 4 aromatic rings. The third-order valence-electron chi connectivity index (χ3n) is 6.27. The van der Waals surface area contributed by atoms with Crippen molar-refractivity contribution in [2.24, 2.45) is 5.14 Å². The highest BCUT2D eigenvalue weighted by molar-refractivity contribution is 7.89. The van der Waals surface area contributed by atoms with Crippen molar-refractivity contribution in [1.29, 1.82) is 0 Å². The number of nitrogens with one attached hydrogen (secondary N) is 2. The molecule has 0 aliphatic heterocycles. The van der Waals surface area contributed by atoms with Gasteiger partial charge in [-0.25, -0.2) is 23.3 Å². The summed E-state index contributed by atoms with van der Waals surface area (Å²) in [6.07, 6.45) is -3.52. The standard InChI is InChI=1S/C29H33N5O5S.C2HF3O2/c1-4-38-26-16-21(8-11-25(26)39-18(2)3)27(34-22-9-10-24-20(15-22)12-13-32-28(24)30)29(35)33-17-19-6-5-7-23(14-19)40(31,36)37;3-2(4,5)1(6)7/h5-16,18,27,34H,4,17H2,1-3H3,(H2,30,32)(H,33,35)(H2,31,36,37);(H,6,7)/t27-;/m1./s1. The van der Waals surface area contributed by atoms with E-state index >= 15 is 0 Å². The van der Waals surface area contributed by atoms with Crippen LogP contribution in [-0.2, 0) is 26.2 Å². The molecular weight excluding hydrogens is 643 g/mol. The van der Waals surface area contributed by atoms with E-state index in [0.717, 1.165) is 10.8 Å². The number of halogens is 3. The van der Waals surface area contributed by atoms with E-state index in [2.05, 4.69) is 15.6 Å². The minimum atomic E-state index is -5.08.